The summed E-state index contributed by atoms with van der Waals surface area (Å²) in [5.74, 6) is -1.23. The van der Waals surface area contributed by atoms with Gasteiger partial charge in [0.25, 0.3) is 11.6 Å². The first-order valence-electron chi connectivity index (χ1n) is 7.32. The van der Waals surface area contributed by atoms with Gasteiger partial charge < -0.3 is 10.0 Å². The number of hydrogen-bond donors (Lipinski definition) is 1. The zero-order chi connectivity index (χ0) is 18.4. The predicted molar refractivity (Wildman–Crippen MR) is 90.8 cm³/mol. The van der Waals surface area contributed by atoms with Gasteiger partial charge in [0.05, 0.1) is 17.0 Å². The van der Waals surface area contributed by atoms with Crippen LogP contribution in [0.15, 0.2) is 42.5 Å². The number of nitrogens with zero attached hydrogens (tertiary/aromatic N) is 2. The Labute approximate surface area is 147 Å². The Morgan fingerprint density at radius 3 is 2.72 bits per heavy atom. The molecule has 1 heterocycles. The highest BCUT2D eigenvalue weighted by molar-refractivity contribution is 6.31. The van der Waals surface area contributed by atoms with Gasteiger partial charge in [0, 0.05) is 35.3 Å². The van der Waals surface area contributed by atoms with Crippen molar-refractivity contribution in [3.63, 3.8) is 0 Å². The van der Waals surface area contributed by atoms with Crippen molar-refractivity contribution in [1.29, 1.82) is 0 Å². The number of fused-ring (bicyclic) bond motifs is 1. The largest absolute Gasteiger partial charge is 0.375 e. The molecule has 0 fully saturated rings. The third-order valence-electron chi connectivity index (χ3n) is 4.22. The average Bonchev–Trinajstić information content (AvgIpc) is 2.76. The smallest absolute Gasteiger partial charge is 0.270 e. The van der Waals surface area contributed by atoms with Crippen molar-refractivity contribution < 1.29 is 19.6 Å². The summed E-state index contributed by atoms with van der Waals surface area (Å²) in [5.41, 5.74) is -1.55. The summed E-state index contributed by atoms with van der Waals surface area (Å²) in [4.78, 5) is 36.5. The molecular formula is C17H13ClN2O5. The number of carbonyl (C=O) groups excluding carboxylic acids is 2. The van der Waals surface area contributed by atoms with E-state index in [0.29, 0.717) is 10.7 Å². The fourth-order valence-electron chi connectivity index (χ4n) is 2.93. The summed E-state index contributed by atoms with van der Waals surface area (Å²) in [7, 11) is 1.49. The number of non-ortho nitro benzene ring substituents is 1. The predicted octanol–water partition coefficient (Wildman–Crippen LogP) is 2.69. The van der Waals surface area contributed by atoms with E-state index in [0.717, 1.165) is 6.07 Å². The number of halogens is 1. The van der Waals surface area contributed by atoms with Crippen molar-refractivity contribution in [3.8, 4) is 0 Å². The van der Waals surface area contributed by atoms with Gasteiger partial charge in [0.2, 0.25) is 0 Å². The van der Waals surface area contributed by atoms with Crippen LogP contribution in [0.4, 0.5) is 11.4 Å². The highest BCUT2D eigenvalue weighted by Gasteiger charge is 2.49. The summed E-state index contributed by atoms with van der Waals surface area (Å²) < 4.78 is 0. The molecule has 1 aliphatic heterocycles. The van der Waals surface area contributed by atoms with Gasteiger partial charge in [0.1, 0.15) is 0 Å². The molecule has 3 rings (SSSR count). The lowest BCUT2D eigenvalue weighted by Gasteiger charge is -2.21. The number of carbonyl (C=O) groups is 2. The van der Waals surface area contributed by atoms with Crippen LogP contribution in [-0.4, -0.2) is 28.8 Å². The molecule has 2 aromatic rings. The standard InChI is InChI=1S/C17H13ClN2O5/c1-19-14-6-5-11(18)8-13(14)17(23,16(19)22)9-15(21)10-3-2-4-12(7-10)20(24)25/h2-8,23H,9H2,1H3/t17-/m1/s1. The Balaban J connectivity index is 1.98. The fourth-order valence-corrected chi connectivity index (χ4v) is 3.10. The molecule has 0 bridgehead atoms. The van der Waals surface area contributed by atoms with Crippen LogP contribution < -0.4 is 4.90 Å². The molecule has 7 nitrogen and oxygen atoms in total. The van der Waals surface area contributed by atoms with Gasteiger partial charge >= 0.3 is 0 Å². The number of ketones is 1. The van der Waals surface area contributed by atoms with Crippen LogP contribution in [-0.2, 0) is 10.4 Å². The Bertz CT molecular complexity index is 914. The van der Waals surface area contributed by atoms with Crippen molar-refractivity contribution in [3.05, 3.63) is 68.7 Å². The van der Waals surface area contributed by atoms with Crippen LogP contribution in [0, 0.1) is 10.1 Å². The minimum atomic E-state index is -2.06. The molecule has 1 aliphatic rings. The van der Waals surface area contributed by atoms with E-state index in [2.05, 4.69) is 0 Å². The fraction of sp³-hybridized carbons (Fsp3) is 0.176. The van der Waals surface area contributed by atoms with Gasteiger partial charge in [-0.3, -0.25) is 19.7 Å². The molecule has 0 unspecified atom stereocenters. The summed E-state index contributed by atoms with van der Waals surface area (Å²) in [6.07, 6.45) is -0.537. The highest BCUT2D eigenvalue weighted by Crippen LogP contribution is 2.43. The Kier molecular flexibility index (Phi) is 4.06. The maximum absolute atomic E-state index is 12.5. The number of nitro benzene ring substituents is 1. The molecule has 25 heavy (non-hydrogen) atoms. The number of rotatable bonds is 4. The maximum atomic E-state index is 12.5. The molecule has 0 aliphatic carbocycles. The average molecular weight is 361 g/mol. The SMILES string of the molecule is CN1C(=O)[C@@](O)(CC(=O)c2cccc([N+](=O)[O-])c2)c2cc(Cl)ccc21. The van der Waals surface area contributed by atoms with Gasteiger partial charge in [0.15, 0.2) is 11.4 Å². The van der Waals surface area contributed by atoms with E-state index in [1.165, 1.54) is 36.2 Å². The molecule has 0 aromatic heterocycles. The summed E-state index contributed by atoms with van der Waals surface area (Å²) in [6.45, 7) is 0. The molecule has 1 atom stereocenters. The molecule has 0 saturated carbocycles. The van der Waals surface area contributed by atoms with Crippen molar-refractivity contribution in [2.45, 2.75) is 12.0 Å². The minimum absolute atomic E-state index is 0.0496. The number of anilines is 1. The first kappa shape index (κ1) is 17.1. The Morgan fingerprint density at radius 2 is 2.04 bits per heavy atom. The van der Waals surface area contributed by atoms with E-state index < -0.39 is 28.6 Å². The van der Waals surface area contributed by atoms with Gasteiger partial charge in [-0.25, -0.2) is 0 Å². The molecular weight excluding hydrogens is 348 g/mol. The van der Waals surface area contributed by atoms with E-state index in [9.17, 15) is 24.8 Å². The molecule has 128 valence electrons. The summed E-state index contributed by atoms with van der Waals surface area (Å²) in [6, 6.07) is 9.77. The quantitative estimate of drug-likeness (QED) is 0.513. The van der Waals surface area contributed by atoms with E-state index in [4.69, 9.17) is 11.6 Å². The molecule has 0 saturated heterocycles. The van der Waals surface area contributed by atoms with E-state index in [1.807, 2.05) is 0 Å². The monoisotopic (exact) mass is 360 g/mol. The van der Waals surface area contributed by atoms with Crippen molar-refractivity contribution in [2.24, 2.45) is 0 Å². The molecule has 0 spiro atoms. The van der Waals surface area contributed by atoms with Gasteiger partial charge in [-0.15, -0.1) is 0 Å². The topological polar surface area (TPSA) is 101 Å². The second-order valence-corrected chi connectivity index (χ2v) is 6.23. The van der Waals surface area contributed by atoms with E-state index in [-0.39, 0.29) is 16.8 Å². The lowest BCUT2D eigenvalue weighted by molar-refractivity contribution is -0.384. The van der Waals surface area contributed by atoms with Crippen molar-refractivity contribution >= 4 is 34.7 Å². The van der Waals surface area contributed by atoms with Gasteiger partial charge in [-0.2, -0.15) is 0 Å². The third kappa shape index (κ3) is 2.77. The Hall–Kier alpha value is -2.77. The van der Waals surface area contributed by atoms with Crippen LogP contribution in [0.1, 0.15) is 22.3 Å². The molecule has 8 heteroatoms. The number of nitro groups is 1. The molecule has 2 aromatic carbocycles. The third-order valence-corrected chi connectivity index (χ3v) is 4.45. The first-order chi connectivity index (χ1) is 11.7. The normalized spacial score (nSPS) is 19.0. The number of benzene rings is 2. The van der Waals surface area contributed by atoms with Crippen LogP contribution in [0.25, 0.3) is 0 Å². The zero-order valence-electron chi connectivity index (χ0n) is 13.1. The van der Waals surface area contributed by atoms with Gasteiger partial charge in [-0.05, 0) is 18.2 Å². The highest BCUT2D eigenvalue weighted by atomic mass is 35.5. The number of likely N-dealkylation sites (N-methyl/N-ethyl adjacent to an activating group) is 1. The summed E-state index contributed by atoms with van der Waals surface area (Å²) in [5, 5.41) is 22.1. The van der Waals surface area contributed by atoms with Crippen molar-refractivity contribution in [2.75, 3.05) is 11.9 Å². The van der Waals surface area contributed by atoms with Crippen LogP contribution in [0.2, 0.25) is 5.02 Å². The molecule has 0 radical (unpaired) electrons. The number of Topliss-reactive ketones (excluding diaryl/α,β-unsaturated/α-hetero) is 1. The van der Waals surface area contributed by atoms with Gasteiger partial charge in [-0.1, -0.05) is 23.7 Å². The second kappa shape index (κ2) is 5.94. The lowest BCUT2D eigenvalue weighted by atomic mass is 9.88. The number of aliphatic hydroxyl groups is 1. The molecule has 1 N–H and O–H groups in total. The zero-order valence-corrected chi connectivity index (χ0v) is 13.9. The summed E-state index contributed by atoms with van der Waals surface area (Å²) >= 11 is 5.95. The van der Waals surface area contributed by atoms with E-state index >= 15 is 0 Å². The van der Waals surface area contributed by atoms with Crippen LogP contribution in [0.5, 0.6) is 0 Å². The minimum Gasteiger partial charge on any atom is -0.375 e. The van der Waals surface area contributed by atoms with Crippen LogP contribution in [0.3, 0.4) is 0 Å². The maximum Gasteiger partial charge on any atom is 0.270 e. The van der Waals surface area contributed by atoms with Crippen LogP contribution >= 0.6 is 11.6 Å². The molecule has 1 amide bonds. The lowest BCUT2D eigenvalue weighted by Crippen LogP contribution is -2.40. The van der Waals surface area contributed by atoms with E-state index in [1.54, 1.807) is 12.1 Å². The number of hydrogen-bond acceptors (Lipinski definition) is 5. The second-order valence-electron chi connectivity index (χ2n) is 5.79. The van der Waals surface area contributed by atoms with Crippen molar-refractivity contribution in [1.82, 2.24) is 0 Å². The number of amides is 1. The first-order valence-corrected chi connectivity index (χ1v) is 7.70. The Morgan fingerprint density at radius 1 is 1.32 bits per heavy atom.